The number of piperidine rings is 1. The summed E-state index contributed by atoms with van der Waals surface area (Å²) in [5, 5.41) is 10.2. The third kappa shape index (κ3) is 4.71. The van der Waals surface area contributed by atoms with Crippen molar-refractivity contribution < 1.29 is 9.59 Å². The zero-order chi connectivity index (χ0) is 31.8. The molecule has 2 unspecified atom stereocenters. The summed E-state index contributed by atoms with van der Waals surface area (Å²) < 4.78 is 4.60. The molecule has 2 aliphatic heterocycles. The van der Waals surface area contributed by atoms with E-state index in [0.29, 0.717) is 48.2 Å². The molecule has 10 nitrogen and oxygen atoms in total. The summed E-state index contributed by atoms with van der Waals surface area (Å²) in [7, 11) is 0. The zero-order valence-electron chi connectivity index (χ0n) is 26.1. The lowest BCUT2D eigenvalue weighted by Crippen LogP contribution is -2.51. The largest absolute Gasteiger partial charge is 0.338 e. The lowest BCUT2D eigenvalue weighted by atomic mass is 9.98. The molecule has 3 atom stereocenters. The molecule has 0 spiro atoms. The van der Waals surface area contributed by atoms with Crippen molar-refractivity contribution >= 4 is 33.9 Å². The van der Waals surface area contributed by atoms with Gasteiger partial charge in [0.2, 0.25) is 0 Å². The van der Waals surface area contributed by atoms with Crippen LogP contribution in [-0.2, 0) is 13.1 Å². The number of pyridine rings is 1. The number of nitriles is 1. The third-order valence-corrected chi connectivity index (χ3v) is 10.9. The monoisotopic (exact) mass is 624 g/mol. The fraction of sp³-hybridized carbons (Fsp3) is 0.378. The van der Waals surface area contributed by atoms with Crippen LogP contribution in [0.25, 0.3) is 33.6 Å². The highest BCUT2D eigenvalue weighted by Crippen LogP contribution is 2.39. The summed E-state index contributed by atoms with van der Waals surface area (Å²) in [6.45, 7) is 3.60. The Morgan fingerprint density at radius 1 is 0.872 bits per heavy atom. The quantitative estimate of drug-likeness (QED) is 0.281. The second-order valence-electron chi connectivity index (χ2n) is 14.0. The van der Waals surface area contributed by atoms with Crippen molar-refractivity contribution in [2.75, 3.05) is 19.6 Å². The van der Waals surface area contributed by atoms with E-state index in [1.807, 2.05) is 40.3 Å². The number of imidazole rings is 1. The highest BCUT2D eigenvalue weighted by atomic mass is 16.2. The van der Waals surface area contributed by atoms with Gasteiger partial charge in [0.15, 0.2) is 5.82 Å². The first kappa shape index (κ1) is 28.2. The second-order valence-corrected chi connectivity index (χ2v) is 14.0. The Morgan fingerprint density at radius 2 is 1.66 bits per heavy atom. The van der Waals surface area contributed by atoms with Gasteiger partial charge in [-0.2, -0.15) is 5.26 Å². The number of hydrogen-bond donors (Lipinski definition) is 1. The Labute approximate surface area is 272 Å². The van der Waals surface area contributed by atoms with E-state index in [9.17, 15) is 9.59 Å². The van der Waals surface area contributed by atoms with Crippen LogP contribution in [0.2, 0.25) is 0 Å². The number of benzene rings is 2. The van der Waals surface area contributed by atoms with Crippen LogP contribution in [-0.4, -0.2) is 72.4 Å². The molecule has 9 rings (SSSR count). The summed E-state index contributed by atoms with van der Waals surface area (Å²) in [5.41, 5.74) is 12.0. The normalized spacial score (nSPS) is 22.3. The standard InChI is InChI=1S/C37H36N8O2/c38-16-22-5-7-25(8-6-22)36(46)42-17-24(18-42)20-43-30-11-9-27(37(47)45-21-28-10-12-31(45)33(28)39)14-29(30)41-35(43)32-15-26-2-1-13-40-34(26)44(32)19-23-3-4-23/h1-2,5-9,11,13-15,23-24,28,31,33H,3-4,10,12,17-21,39H2/t28?,31?,33-/m1/s1. The van der Waals surface area contributed by atoms with E-state index < -0.39 is 0 Å². The van der Waals surface area contributed by atoms with Gasteiger partial charge in [-0.1, -0.05) is 0 Å². The van der Waals surface area contributed by atoms with E-state index in [0.717, 1.165) is 59.5 Å². The number of hydrogen-bond acceptors (Lipinski definition) is 6. The molecule has 10 heteroatoms. The number of fused-ring (bicyclic) bond motifs is 4. The first-order valence-electron chi connectivity index (χ1n) is 16.8. The Balaban J connectivity index is 1.06. The number of nitrogens with zero attached hydrogens (tertiary/aromatic N) is 7. The highest BCUT2D eigenvalue weighted by molar-refractivity contribution is 5.99. The molecular formula is C37H36N8O2. The molecule has 2 N–H and O–H groups in total. The van der Waals surface area contributed by atoms with Crippen molar-refractivity contribution in [3.05, 3.63) is 83.6 Å². The molecule has 2 saturated heterocycles. The van der Waals surface area contributed by atoms with E-state index in [-0.39, 0.29) is 29.8 Å². The topological polar surface area (TPSA) is 126 Å². The van der Waals surface area contributed by atoms with Crippen molar-refractivity contribution in [1.29, 1.82) is 5.26 Å². The molecule has 4 aliphatic rings. The van der Waals surface area contributed by atoms with Gasteiger partial charge in [-0.05, 0) is 98.2 Å². The van der Waals surface area contributed by atoms with E-state index in [2.05, 4.69) is 27.3 Å². The van der Waals surface area contributed by atoms with Crippen LogP contribution in [0.5, 0.6) is 0 Å². The van der Waals surface area contributed by atoms with Crippen molar-refractivity contribution in [2.24, 2.45) is 23.5 Å². The first-order valence-corrected chi connectivity index (χ1v) is 16.8. The SMILES string of the molecule is N#Cc1ccc(C(=O)N2CC(Cn3c(-c4cc5cccnc5n4CC4CC4)nc4cc(C(=O)N5CC6CCC5[C@@H]6N)ccc43)C2)cc1. The van der Waals surface area contributed by atoms with Crippen LogP contribution < -0.4 is 5.73 Å². The summed E-state index contributed by atoms with van der Waals surface area (Å²) in [6, 6.07) is 21.3. The second kappa shape index (κ2) is 10.8. The Hall–Kier alpha value is -5.01. The summed E-state index contributed by atoms with van der Waals surface area (Å²) in [6.07, 6.45) is 6.37. The smallest absolute Gasteiger partial charge is 0.254 e. The van der Waals surface area contributed by atoms with Gasteiger partial charge in [-0.3, -0.25) is 9.59 Å². The summed E-state index contributed by atoms with van der Waals surface area (Å²) >= 11 is 0. The number of rotatable bonds is 7. The number of carbonyl (C=O) groups excluding carboxylic acids is 2. The Bertz CT molecular complexity index is 2100. The Kier molecular flexibility index (Phi) is 6.47. The predicted octanol–water partition coefficient (Wildman–Crippen LogP) is 4.67. The van der Waals surface area contributed by atoms with Gasteiger partial charge in [-0.15, -0.1) is 0 Å². The average molecular weight is 625 g/mol. The molecule has 2 aromatic carbocycles. The molecule has 2 aliphatic carbocycles. The third-order valence-electron chi connectivity index (χ3n) is 10.9. The number of amides is 2. The number of likely N-dealkylation sites (tertiary alicyclic amines) is 2. The minimum Gasteiger partial charge on any atom is -0.338 e. The molecule has 47 heavy (non-hydrogen) atoms. The van der Waals surface area contributed by atoms with Gasteiger partial charge in [-0.25, -0.2) is 9.97 Å². The molecule has 2 saturated carbocycles. The van der Waals surface area contributed by atoms with Gasteiger partial charge in [0, 0.05) is 73.4 Å². The van der Waals surface area contributed by atoms with Gasteiger partial charge in [0.1, 0.15) is 5.65 Å². The molecule has 3 aromatic heterocycles. The van der Waals surface area contributed by atoms with E-state index in [4.69, 9.17) is 21.0 Å². The molecule has 0 radical (unpaired) electrons. The van der Waals surface area contributed by atoms with E-state index in [1.54, 1.807) is 24.3 Å². The summed E-state index contributed by atoms with van der Waals surface area (Å²) in [5.74, 6) is 2.16. The lowest BCUT2D eigenvalue weighted by molar-refractivity contribution is 0.0471. The minimum atomic E-state index is -0.0180. The van der Waals surface area contributed by atoms with Crippen LogP contribution in [0.4, 0.5) is 0 Å². The summed E-state index contributed by atoms with van der Waals surface area (Å²) in [4.78, 5) is 40.8. The minimum absolute atomic E-state index is 0.0180. The molecule has 4 fully saturated rings. The first-order chi connectivity index (χ1) is 22.9. The van der Waals surface area contributed by atoms with Gasteiger partial charge in [0.05, 0.1) is 28.4 Å². The number of aromatic nitrogens is 4. The van der Waals surface area contributed by atoms with Gasteiger partial charge < -0.3 is 24.7 Å². The zero-order valence-corrected chi connectivity index (χ0v) is 26.1. The average Bonchev–Trinajstić information content (AvgIpc) is 3.44. The molecule has 2 bridgehead atoms. The Morgan fingerprint density at radius 3 is 2.38 bits per heavy atom. The van der Waals surface area contributed by atoms with E-state index in [1.165, 1.54) is 12.8 Å². The van der Waals surface area contributed by atoms with Crippen LogP contribution in [0.1, 0.15) is 52.0 Å². The number of nitrogens with two attached hydrogens (primary N) is 1. The fourth-order valence-corrected chi connectivity index (χ4v) is 8.09. The van der Waals surface area contributed by atoms with Crippen LogP contribution >= 0.6 is 0 Å². The van der Waals surface area contributed by atoms with Crippen molar-refractivity contribution in [1.82, 2.24) is 28.9 Å². The maximum atomic E-state index is 13.7. The van der Waals surface area contributed by atoms with Crippen molar-refractivity contribution in [2.45, 2.75) is 50.9 Å². The van der Waals surface area contributed by atoms with Crippen molar-refractivity contribution in [3.63, 3.8) is 0 Å². The molecule has 2 amide bonds. The molecular weight excluding hydrogens is 588 g/mol. The predicted molar refractivity (Wildman–Crippen MR) is 177 cm³/mol. The molecule has 5 aromatic rings. The van der Waals surface area contributed by atoms with Crippen molar-refractivity contribution in [3.8, 4) is 17.6 Å². The van der Waals surface area contributed by atoms with Crippen LogP contribution in [0.3, 0.4) is 0 Å². The number of carbonyl (C=O) groups is 2. The maximum absolute atomic E-state index is 13.7. The van der Waals surface area contributed by atoms with E-state index >= 15 is 0 Å². The maximum Gasteiger partial charge on any atom is 0.254 e. The molecule has 5 heterocycles. The fourth-order valence-electron chi connectivity index (χ4n) is 8.09. The lowest BCUT2D eigenvalue weighted by Gasteiger charge is -2.39. The highest BCUT2D eigenvalue weighted by Gasteiger charge is 2.47. The van der Waals surface area contributed by atoms with Crippen LogP contribution in [0.15, 0.2) is 66.9 Å². The van der Waals surface area contributed by atoms with Crippen LogP contribution in [0, 0.1) is 29.1 Å². The van der Waals surface area contributed by atoms with Gasteiger partial charge >= 0.3 is 0 Å². The molecule has 236 valence electrons. The van der Waals surface area contributed by atoms with Gasteiger partial charge in [0.25, 0.3) is 11.8 Å².